The molecule has 0 saturated heterocycles. The number of aryl methyl sites for hydroxylation is 1. The molecular formula is C22H20F3N3O6. The second kappa shape index (κ2) is 9.12. The number of hydrogen-bond donors (Lipinski definition) is 0. The molecule has 9 nitrogen and oxygen atoms in total. The summed E-state index contributed by atoms with van der Waals surface area (Å²) in [7, 11) is 0. The molecule has 180 valence electrons. The van der Waals surface area contributed by atoms with Gasteiger partial charge in [0, 0.05) is 23.1 Å². The zero-order valence-electron chi connectivity index (χ0n) is 18.5. The maximum atomic E-state index is 13.2. The van der Waals surface area contributed by atoms with Gasteiger partial charge in [0.05, 0.1) is 10.5 Å². The number of ether oxygens (including phenoxy) is 2. The minimum atomic E-state index is -4.55. The first-order chi connectivity index (χ1) is 15.7. The van der Waals surface area contributed by atoms with Crippen molar-refractivity contribution in [2.45, 2.75) is 40.0 Å². The van der Waals surface area contributed by atoms with Gasteiger partial charge in [-0.1, -0.05) is 20.8 Å². The third-order valence-electron chi connectivity index (χ3n) is 4.57. The fraction of sp³-hybridized carbons (Fsp3) is 0.318. The second-order valence-corrected chi connectivity index (χ2v) is 8.50. The molecule has 0 aliphatic carbocycles. The molecule has 34 heavy (non-hydrogen) atoms. The van der Waals surface area contributed by atoms with Crippen LogP contribution in [-0.4, -0.2) is 21.3 Å². The van der Waals surface area contributed by atoms with Crippen LogP contribution < -0.4 is 4.74 Å². The molecule has 0 saturated carbocycles. The largest absolute Gasteiger partial charge is 0.514 e. The summed E-state index contributed by atoms with van der Waals surface area (Å²) in [5.41, 5.74) is -1.40. The number of nitro groups is 1. The van der Waals surface area contributed by atoms with Crippen LogP contribution >= 0.6 is 0 Å². The third kappa shape index (κ3) is 5.88. The van der Waals surface area contributed by atoms with Gasteiger partial charge in [0.15, 0.2) is 6.10 Å². The van der Waals surface area contributed by atoms with Crippen LogP contribution in [0.2, 0.25) is 0 Å². The molecule has 0 aliphatic heterocycles. The molecule has 0 radical (unpaired) electrons. The quantitative estimate of drug-likeness (QED) is 0.182. The van der Waals surface area contributed by atoms with Gasteiger partial charge in [-0.05, 0) is 42.8 Å². The van der Waals surface area contributed by atoms with Crippen LogP contribution in [0.15, 0.2) is 46.9 Å². The first kappa shape index (κ1) is 24.7. The molecule has 0 spiro atoms. The van der Waals surface area contributed by atoms with Crippen molar-refractivity contribution >= 4 is 11.8 Å². The van der Waals surface area contributed by atoms with E-state index < -0.39 is 34.3 Å². The van der Waals surface area contributed by atoms with E-state index in [1.807, 2.05) is 0 Å². The van der Waals surface area contributed by atoms with Crippen molar-refractivity contribution < 1.29 is 36.8 Å². The monoisotopic (exact) mass is 479 g/mol. The Kier molecular flexibility index (Phi) is 6.62. The van der Waals surface area contributed by atoms with Gasteiger partial charge in [0.2, 0.25) is 5.89 Å². The number of carbonyl (C=O) groups excluding carboxylic acids is 1. The van der Waals surface area contributed by atoms with Crippen LogP contribution in [-0.2, 0) is 10.9 Å². The maximum Gasteiger partial charge on any atom is 0.514 e. The highest BCUT2D eigenvalue weighted by atomic mass is 19.4. The van der Waals surface area contributed by atoms with Crippen molar-refractivity contribution in [1.29, 1.82) is 0 Å². The highest BCUT2D eigenvalue weighted by Crippen LogP contribution is 2.38. The standard InChI is InChI=1S/C22H20F3N3O6/c1-12-9-13(11-14(10-12)22(23,24)25)18-26-27-19(34-18)17(21(2,3)4)33-20(29)32-16-7-5-15(6-8-16)28(30)31/h5-11,17H,1-4H3/t17-/m1/s1. The summed E-state index contributed by atoms with van der Waals surface area (Å²) in [5.74, 6) is -0.307. The van der Waals surface area contributed by atoms with E-state index in [9.17, 15) is 28.1 Å². The molecule has 0 N–H and O–H groups in total. The summed E-state index contributed by atoms with van der Waals surface area (Å²) in [6.07, 6.45) is -6.79. The Morgan fingerprint density at radius 2 is 1.74 bits per heavy atom. The maximum absolute atomic E-state index is 13.2. The number of benzene rings is 2. The number of hydrogen-bond acceptors (Lipinski definition) is 8. The van der Waals surface area contributed by atoms with Gasteiger partial charge in [-0.3, -0.25) is 10.1 Å². The Balaban J connectivity index is 1.83. The third-order valence-corrected chi connectivity index (χ3v) is 4.57. The first-order valence-electron chi connectivity index (χ1n) is 9.89. The average Bonchev–Trinajstić information content (AvgIpc) is 3.20. The second-order valence-electron chi connectivity index (χ2n) is 8.50. The van der Waals surface area contributed by atoms with Crippen LogP contribution in [0.25, 0.3) is 11.5 Å². The molecule has 1 heterocycles. The summed E-state index contributed by atoms with van der Waals surface area (Å²) in [4.78, 5) is 22.5. The summed E-state index contributed by atoms with van der Waals surface area (Å²) in [6.45, 7) is 6.66. The van der Waals surface area contributed by atoms with E-state index in [0.29, 0.717) is 5.56 Å². The van der Waals surface area contributed by atoms with Gasteiger partial charge in [-0.15, -0.1) is 10.2 Å². The van der Waals surface area contributed by atoms with Crippen LogP contribution in [0.5, 0.6) is 5.75 Å². The molecule has 12 heteroatoms. The number of non-ortho nitro benzene ring substituents is 1. The predicted molar refractivity (Wildman–Crippen MR) is 112 cm³/mol. The van der Waals surface area contributed by atoms with Gasteiger partial charge in [-0.2, -0.15) is 13.2 Å². The number of aromatic nitrogens is 2. The van der Waals surface area contributed by atoms with Crippen LogP contribution in [0.3, 0.4) is 0 Å². The lowest BCUT2D eigenvalue weighted by molar-refractivity contribution is -0.384. The van der Waals surface area contributed by atoms with E-state index in [-0.39, 0.29) is 28.8 Å². The smallest absolute Gasteiger partial charge is 0.420 e. The molecule has 1 atom stereocenters. The fourth-order valence-electron chi connectivity index (χ4n) is 2.98. The summed E-state index contributed by atoms with van der Waals surface area (Å²) < 4.78 is 55.5. The number of rotatable bonds is 5. The highest BCUT2D eigenvalue weighted by molar-refractivity contribution is 5.64. The number of halogens is 3. The molecular weight excluding hydrogens is 459 g/mol. The SMILES string of the molecule is Cc1cc(-c2nnc([C@@H](OC(=O)Oc3ccc([N+](=O)[O-])cc3)C(C)(C)C)o2)cc(C(F)(F)F)c1. The zero-order chi connectivity index (χ0) is 25.3. The van der Waals surface area contributed by atoms with Crippen LogP contribution in [0, 0.1) is 22.5 Å². The lowest BCUT2D eigenvalue weighted by Gasteiger charge is -2.26. The van der Waals surface area contributed by atoms with E-state index in [2.05, 4.69) is 10.2 Å². The Morgan fingerprint density at radius 1 is 1.09 bits per heavy atom. The van der Waals surface area contributed by atoms with Crippen molar-refractivity contribution in [3.63, 3.8) is 0 Å². The van der Waals surface area contributed by atoms with Gasteiger partial charge in [0.1, 0.15) is 5.75 Å². The summed E-state index contributed by atoms with van der Waals surface area (Å²) >= 11 is 0. The Hall–Kier alpha value is -3.96. The fourth-order valence-corrected chi connectivity index (χ4v) is 2.98. The van der Waals surface area contributed by atoms with E-state index >= 15 is 0 Å². The van der Waals surface area contributed by atoms with Crippen molar-refractivity contribution in [1.82, 2.24) is 10.2 Å². The van der Waals surface area contributed by atoms with E-state index in [1.165, 1.54) is 25.1 Å². The van der Waals surface area contributed by atoms with Crippen molar-refractivity contribution in [2.75, 3.05) is 0 Å². The summed E-state index contributed by atoms with van der Waals surface area (Å²) in [5, 5.41) is 18.4. The normalized spacial score (nSPS) is 12.8. The number of nitrogens with zero attached hydrogens (tertiary/aromatic N) is 3. The summed E-state index contributed by atoms with van der Waals surface area (Å²) in [6, 6.07) is 8.12. The first-order valence-corrected chi connectivity index (χ1v) is 9.89. The lowest BCUT2D eigenvalue weighted by Crippen LogP contribution is -2.26. The van der Waals surface area contributed by atoms with Crippen molar-refractivity contribution in [3.05, 3.63) is 69.6 Å². The van der Waals surface area contributed by atoms with Crippen molar-refractivity contribution in [3.8, 4) is 17.2 Å². The Labute approximate surface area is 191 Å². The molecule has 0 unspecified atom stereocenters. The van der Waals surface area contributed by atoms with E-state index in [0.717, 1.165) is 24.3 Å². The highest BCUT2D eigenvalue weighted by Gasteiger charge is 2.36. The van der Waals surface area contributed by atoms with Gasteiger partial charge >= 0.3 is 12.3 Å². The van der Waals surface area contributed by atoms with Gasteiger partial charge in [0.25, 0.3) is 11.6 Å². The molecule has 2 aromatic carbocycles. The van der Waals surface area contributed by atoms with Crippen LogP contribution in [0.1, 0.15) is 43.9 Å². The molecule has 0 amide bonds. The Morgan fingerprint density at radius 3 is 2.29 bits per heavy atom. The Bertz CT molecular complexity index is 1200. The molecule has 0 aliphatic rings. The van der Waals surface area contributed by atoms with Crippen LogP contribution in [0.4, 0.5) is 23.7 Å². The number of carbonyl (C=O) groups is 1. The average molecular weight is 479 g/mol. The van der Waals surface area contributed by atoms with E-state index in [1.54, 1.807) is 20.8 Å². The molecule has 0 fully saturated rings. The minimum Gasteiger partial charge on any atom is -0.420 e. The number of alkyl halides is 3. The van der Waals surface area contributed by atoms with Crippen molar-refractivity contribution in [2.24, 2.45) is 5.41 Å². The molecule has 3 rings (SSSR count). The topological polar surface area (TPSA) is 118 Å². The van der Waals surface area contributed by atoms with Gasteiger partial charge < -0.3 is 13.9 Å². The number of nitro benzene ring substituents is 1. The zero-order valence-corrected chi connectivity index (χ0v) is 18.5. The molecule has 3 aromatic rings. The molecule has 0 bridgehead atoms. The predicted octanol–water partition coefficient (Wildman–Crippen LogP) is 6.27. The lowest BCUT2D eigenvalue weighted by atomic mass is 9.89. The van der Waals surface area contributed by atoms with E-state index in [4.69, 9.17) is 13.9 Å². The van der Waals surface area contributed by atoms with Gasteiger partial charge in [-0.25, -0.2) is 4.79 Å². The molecule has 1 aromatic heterocycles. The minimum absolute atomic E-state index is 0.00826.